The summed E-state index contributed by atoms with van der Waals surface area (Å²) in [5.41, 5.74) is 1.25. The van der Waals surface area contributed by atoms with Crippen molar-refractivity contribution in [3.63, 3.8) is 0 Å². The summed E-state index contributed by atoms with van der Waals surface area (Å²) in [6.07, 6.45) is 4.38. The summed E-state index contributed by atoms with van der Waals surface area (Å²) >= 11 is 3.50. The molecule has 2 nitrogen and oxygen atoms in total. The van der Waals surface area contributed by atoms with E-state index in [9.17, 15) is 0 Å². The van der Waals surface area contributed by atoms with Gasteiger partial charge in [0.25, 0.3) is 0 Å². The molecule has 0 N–H and O–H groups in total. The van der Waals surface area contributed by atoms with Crippen LogP contribution in [-0.2, 0) is 0 Å². The lowest BCUT2D eigenvalue weighted by Crippen LogP contribution is -2.29. The molecule has 17 heavy (non-hydrogen) atoms. The van der Waals surface area contributed by atoms with Gasteiger partial charge >= 0.3 is 0 Å². The highest BCUT2D eigenvalue weighted by Gasteiger charge is 2.12. The standard InChI is InChI=1S/C14H23BrN2/c1-5-12(6-2)10-17(7-3)14-8-11(4)13(15)9-16-14/h8-9,12H,5-7,10H2,1-4H3. The maximum absolute atomic E-state index is 4.51. The molecule has 0 unspecified atom stereocenters. The monoisotopic (exact) mass is 298 g/mol. The topological polar surface area (TPSA) is 16.1 Å². The lowest BCUT2D eigenvalue weighted by molar-refractivity contribution is 0.484. The lowest BCUT2D eigenvalue weighted by Gasteiger charge is -2.26. The Kier molecular flexibility index (Phi) is 5.96. The van der Waals surface area contributed by atoms with Crippen molar-refractivity contribution in [2.24, 2.45) is 5.92 Å². The minimum Gasteiger partial charge on any atom is -0.357 e. The van der Waals surface area contributed by atoms with Gasteiger partial charge in [0.2, 0.25) is 0 Å². The van der Waals surface area contributed by atoms with Crippen LogP contribution < -0.4 is 4.90 Å². The summed E-state index contributed by atoms with van der Waals surface area (Å²) in [6.45, 7) is 11.0. The van der Waals surface area contributed by atoms with E-state index >= 15 is 0 Å². The Hall–Kier alpha value is -0.570. The Morgan fingerprint density at radius 1 is 1.29 bits per heavy atom. The van der Waals surface area contributed by atoms with Crippen molar-refractivity contribution in [1.29, 1.82) is 0 Å². The molecule has 0 saturated heterocycles. The van der Waals surface area contributed by atoms with E-state index in [-0.39, 0.29) is 0 Å². The van der Waals surface area contributed by atoms with Gasteiger partial charge < -0.3 is 4.90 Å². The summed E-state index contributed by atoms with van der Waals surface area (Å²) in [5.74, 6) is 1.86. The molecule has 0 radical (unpaired) electrons. The van der Waals surface area contributed by atoms with E-state index in [0.717, 1.165) is 29.3 Å². The van der Waals surface area contributed by atoms with Gasteiger partial charge in [-0.25, -0.2) is 4.98 Å². The third kappa shape index (κ3) is 3.98. The molecule has 0 amide bonds. The molecule has 0 fully saturated rings. The van der Waals surface area contributed by atoms with E-state index in [4.69, 9.17) is 0 Å². The Labute approximate surface area is 114 Å². The van der Waals surface area contributed by atoms with Crippen molar-refractivity contribution >= 4 is 21.7 Å². The first-order valence-corrected chi connectivity index (χ1v) is 7.28. The first-order valence-electron chi connectivity index (χ1n) is 6.49. The first kappa shape index (κ1) is 14.5. The second-order valence-corrected chi connectivity index (χ2v) is 5.37. The van der Waals surface area contributed by atoms with Crippen molar-refractivity contribution in [2.75, 3.05) is 18.0 Å². The van der Waals surface area contributed by atoms with E-state index in [1.165, 1.54) is 18.4 Å². The zero-order valence-corrected chi connectivity index (χ0v) is 12.9. The second kappa shape index (κ2) is 7.00. The van der Waals surface area contributed by atoms with Gasteiger partial charge in [0.05, 0.1) is 0 Å². The average Bonchev–Trinajstić information content (AvgIpc) is 2.35. The first-order chi connectivity index (χ1) is 8.12. The van der Waals surface area contributed by atoms with E-state index < -0.39 is 0 Å². The van der Waals surface area contributed by atoms with Crippen LogP contribution in [0.4, 0.5) is 5.82 Å². The number of nitrogens with zero attached hydrogens (tertiary/aromatic N) is 2. The van der Waals surface area contributed by atoms with Crippen molar-refractivity contribution < 1.29 is 0 Å². The van der Waals surface area contributed by atoms with Crippen molar-refractivity contribution in [3.05, 3.63) is 22.3 Å². The van der Waals surface area contributed by atoms with Crippen molar-refractivity contribution in [3.8, 4) is 0 Å². The van der Waals surface area contributed by atoms with Crippen LogP contribution in [0.3, 0.4) is 0 Å². The number of hydrogen-bond donors (Lipinski definition) is 0. The minimum absolute atomic E-state index is 0.765. The summed E-state index contributed by atoms with van der Waals surface area (Å²) in [4.78, 5) is 6.88. The van der Waals surface area contributed by atoms with Gasteiger partial charge in [0, 0.05) is 23.8 Å². The highest BCUT2D eigenvalue weighted by atomic mass is 79.9. The third-order valence-corrected chi connectivity index (χ3v) is 4.20. The second-order valence-electron chi connectivity index (χ2n) is 4.51. The van der Waals surface area contributed by atoms with Crippen LogP contribution in [-0.4, -0.2) is 18.1 Å². The van der Waals surface area contributed by atoms with Gasteiger partial charge in [-0.3, -0.25) is 0 Å². The number of pyridine rings is 1. The third-order valence-electron chi connectivity index (χ3n) is 3.37. The SMILES string of the molecule is CCC(CC)CN(CC)c1cc(C)c(Br)cn1. The van der Waals surface area contributed by atoms with Crippen LogP contribution in [0.2, 0.25) is 0 Å². The lowest BCUT2D eigenvalue weighted by atomic mass is 10.0. The maximum Gasteiger partial charge on any atom is 0.128 e. The van der Waals surface area contributed by atoms with Crippen LogP contribution >= 0.6 is 15.9 Å². The molecule has 1 heterocycles. The van der Waals surface area contributed by atoms with Gasteiger partial charge in [0.15, 0.2) is 0 Å². The number of anilines is 1. The molecular weight excluding hydrogens is 276 g/mol. The fraction of sp³-hybridized carbons (Fsp3) is 0.643. The molecule has 3 heteroatoms. The fourth-order valence-electron chi connectivity index (χ4n) is 1.94. The highest BCUT2D eigenvalue weighted by Crippen LogP contribution is 2.21. The molecule has 0 spiro atoms. The quantitative estimate of drug-likeness (QED) is 0.773. The Bertz CT molecular complexity index is 348. The van der Waals surface area contributed by atoms with Crippen LogP contribution in [0, 0.1) is 12.8 Å². The molecule has 0 aliphatic rings. The van der Waals surface area contributed by atoms with E-state index in [1.807, 2.05) is 6.20 Å². The zero-order valence-electron chi connectivity index (χ0n) is 11.3. The smallest absolute Gasteiger partial charge is 0.128 e. The number of hydrogen-bond acceptors (Lipinski definition) is 2. The van der Waals surface area contributed by atoms with Crippen molar-refractivity contribution in [2.45, 2.75) is 40.5 Å². The van der Waals surface area contributed by atoms with Gasteiger partial charge in [-0.15, -0.1) is 0 Å². The van der Waals surface area contributed by atoms with Gasteiger partial charge in [-0.05, 0) is 47.3 Å². The van der Waals surface area contributed by atoms with Crippen LogP contribution in [0.5, 0.6) is 0 Å². The molecule has 0 aliphatic heterocycles. The molecule has 1 aromatic heterocycles. The predicted octanol–water partition coefficient (Wildman–Crippen LogP) is 4.42. The molecule has 0 aliphatic carbocycles. The van der Waals surface area contributed by atoms with Gasteiger partial charge in [-0.2, -0.15) is 0 Å². The maximum atomic E-state index is 4.51. The van der Waals surface area contributed by atoms with E-state index in [0.29, 0.717) is 0 Å². The molecule has 1 rings (SSSR count). The summed E-state index contributed by atoms with van der Waals surface area (Å²) in [7, 11) is 0. The van der Waals surface area contributed by atoms with E-state index in [2.05, 4.69) is 59.6 Å². The fourth-order valence-corrected chi connectivity index (χ4v) is 2.16. The number of halogens is 1. The van der Waals surface area contributed by atoms with E-state index in [1.54, 1.807) is 0 Å². The molecule has 1 aromatic rings. The molecule has 96 valence electrons. The average molecular weight is 299 g/mol. The van der Waals surface area contributed by atoms with Crippen molar-refractivity contribution in [1.82, 2.24) is 4.98 Å². The molecule has 0 saturated carbocycles. The number of aryl methyl sites for hydroxylation is 1. The predicted molar refractivity (Wildman–Crippen MR) is 78.6 cm³/mol. The molecular formula is C14H23BrN2. The molecule has 0 atom stereocenters. The van der Waals surface area contributed by atoms with Crippen LogP contribution in [0.15, 0.2) is 16.7 Å². The van der Waals surface area contributed by atoms with Crippen LogP contribution in [0.25, 0.3) is 0 Å². The Morgan fingerprint density at radius 3 is 2.41 bits per heavy atom. The Balaban J connectivity index is 2.82. The highest BCUT2D eigenvalue weighted by molar-refractivity contribution is 9.10. The summed E-state index contributed by atoms with van der Waals surface area (Å²) in [5, 5.41) is 0. The molecule has 0 aromatic carbocycles. The zero-order chi connectivity index (χ0) is 12.8. The normalized spacial score (nSPS) is 10.9. The summed E-state index contributed by atoms with van der Waals surface area (Å²) in [6, 6.07) is 2.16. The largest absolute Gasteiger partial charge is 0.357 e. The van der Waals surface area contributed by atoms with Gasteiger partial charge in [-0.1, -0.05) is 26.7 Å². The Morgan fingerprint density at radius 2 is 1.94 bits per heavy atom. The summed E-state index contributed by atoms with van der Waals surface area (Å²) < 4.78 is 1.08. The number of rotatable bonds is 6. The van der Waals surface area contributed by atoms with Crippen LogP contribution in [0.1, 0.15) is 39.2 Å². The molecule has 0 bridgehead atoms. The minimum atomic E-state index is 0.765. The number of aromatic nitrogens is 1. The van der Waals surface area contributed by atoms with Gasteiger partial charge in [0.1, 0.15) is 5.82 Å².